The molecule has 2 aromatic carbocycles. The van der Waals surface area contributed by atoms with Gasteiger partial charge in [0.2, 0.25) is 11.8 Å². The van der Waals surface area contributed by atoms with Gasteiger partial charge in [0.15, 0.2) is 5.76 Å². The van der Waals surface area contributed by atoms with Crippen LogP contribution >= 0.6 is 11.3 Å². The molecule has 2 saturated heterocycles. The second-order valence-electron chi connectivity index (χ2n) is 15.8. The average molecular weight is 805 g/mol. The highest BCUT2D eigenvalue weighted by Gasteiger charge is 2.43. The van der Waals surface area contributed by atoms with Crippen molar-refractivity contribution in [2.24, 2.45) is 13.0 Å². The van der Waals surface area contributed by atoms with Gasteiger partial charge in [-0.15, -0.1) is 21.5 Å². The third-order valence-corrected chi connectivity index (χ3v) is 12.4. The molecule has 14 nitrogen and oxygen atoms in total. The van der Waals surface area contributed by atoms with Gasteiger partial charge in [-0.1, -0.05) is 50.2 Å². The van der Waals surface area contributed by atoms with E-state index >= 15 is 0 Å². The molecule has 8 rings (SSSR count). The van der Waals surface area contributed by atoms with Crippen LogP contribution in [0.4, 0.5) is 0 Å². The number of benzene rings is 2. The topological polar surface area (TPSA) is 172 Å². The maximum atomic E-state index is 14.1. The first-order chi connectivity index (χ1) is 27.9. The third kappa shape index (κ3) is 7.81. The van der Waals surface area contributed by atoms with Crippen molar-refractivity contribution in [3.63, 3.8) is 0 Å². The number of likely N-dealkylation sites (tertiary alicyclic amines) is 2. The molecule has 2 aliphatic heterocycles. The number of β-amino-alcohol motifs (C(OH)–C–C–N with tert-alkyl or cyclic N) is 1. The molecule has 2 amide bonds. The Kier molecular flexibility index (Phi) is 11.0. The Morgan fingerprint density at radius 2 is 1.81 bits per heavy atom. The molecule has 2 aliphatic rings. The summed E-state index contributed by atoms with van der Waals surface area (Å²) in [6, 6.07) is 19.7. The van der Waals surface area contributed by atoms with Crippen molar-refractivity contribution in [1.82, 2.24) is 40.0 Å². The van der Waals surface area contributed by atoms with Crippen molar-refractivity contribution in [2.75, 3.05) is 32.8 Å². The minimum Gasteiger partial charge on any atom is -0.507 e. The lowest BCUT2D eigenvalue weighted by Crippen LogP contribution is -2.48. The van der Waals surface area contributed by atoms with Gasteiger partial charge in [-0.25, -0.2) is 4.98 Å². The second-order valence-corrected chi connectivity index (χ2v) is 16.6. The van der Waals surface area contributed by atoms with Gasteiger partial charge in [-0.05, 0) is 60.3 Å². The zero-order chi connectivity index (χ0) is 40.7. The Morgan fingerprint density at radius 3 is 2.53 bits per heavy atom. The fraction of sp³-hybridized carbons (Fsp3) is 0.395. The summed E-state index contributed by atoms with van der Waals surface area (Å²) in [4.78, 5) is 37.0. The number of phenols is 1. The number of aromatic nitrogens is 5. The number of hydrogen-bond acceptors (Lipinski definition) is 12. The van der Waals surface area contributed by atoms with E-state index in [4.69, 9.17) is 9.26 Å². The van der Waals surface area contributed by atoms with Gasteiger partial charge in [-0.3, -0.25) is 14.5 Å². The molecule has 3 N–H and O–H groups in total. The molecule has 58 heavy (non-hydrogen) atoms. The number of ether oxygens (including phenoxy) is 1. The quantitative estimate of drug-likeness (QED) is 0.129. The summed E-state index contributed by atoms with van der Waals surface area (Å²) in [6.45, 7) is 10.6. The van der Waals surface area contributed by atoms with E-state index in [-0.39, 0.29) is 42.5 Å². The molecule has 2 fully saturated rings. The number of aliphatic hydroxyl groups excluding tert-OH is 1. The molecule has 4 atom stereocenters. The van der Waals surface area contributed by atoms with Crippen LogP contribution in [0.3, 0.4) is 0 Å². The predicted molar refractivity (Wildman–Crippen MR) is 219 cm³/mol. The maximum absolute atomic E-state index is 14.1. The number of carbonyl (C=O) groups is 2. The number of nitrogens with one attached hydrogen (secondary N) is 1. The number of amides is 2. The number of phenolic OH excluding ortho intramolecular Hbond substituents is 1. The van der Waals surface area contributed by atoms with Gasteiger partial charge in [0, 0.05) is 62.9 Å². The Labute approximate surface area is 340 Å². The highest BCUT2D eigenvalue weighted by molar-refractivity contribution is 7.13. The maximum Gasteiger partial charge on any atom is 0.254 e. The number of nitrogens with zero attached hydrogens (tertiary/aromatic N) is 7. The predicted octanol–water partition coefficient (Wildman–Crippen LogP) is 5.82. The van der Waals surface area contributed by atoms with E-state index in [1.54, 1.807) is 29.5 Å². The third-order valence-electron chi connectivity index (χ3n) is 11.4. The highest BCUT2D eigenvalue weighted by Crippen LogP contribution is 2.35. The van der Waals surface area contributed by atoms with Crippen molar-refractivity contribution in [3.05, 3.63) is 95.0 Å². The summed E-state index contributed by atoms with van der Waals surface area (Å²) < 4.78 is 13.8. The number of carbonyl (C=O) groups excluding carboxylic acids is 2. The summed E-state index contributed by atoms with van der Waals surface area (Å²) in [5.41, 5.74) is 9.02. The molecule has 0 spiro atoms. The lowest BCUT2D eigenvalue weighted by Gasteiger charge is -2.39. The number of fused-ring (bicyclic) bond motifs is 1. The Bertz CT molecular complexity index is 2420. The summed E-state index contributed by atoms with van der Waals surface area (Å²) in [5, 5.41) is 37.0. The van der Waals surface area contributed by atoms with Crippen LogP contribution in [-0.2, 0) is 16.6 Å². The Balaban J connectivity index is 0.847. The van der Waals surface area contributed by atoms with Gasteiger partial charge in [0.05, 0.1) is 39.4 Å². The van der Waals surface area contributed by atoms with E-state index in [1.807, 2.05) is 82.7 Å². The first-order valence-corrected chi connectivity index (χ1v) is 20.6. The van der Waals surface area contributed by atoms with E-state index in [0.29, 0.717) is 42.0 Å². The first kappa shape index (κ1) is 39.2. The van der Waals surface area contributed by atoms with Gasteiger partial charge in [0.1, 0.15) is 29.8 Å². The number of rotatable bonds is 13. The zero-order valence-electron chi connectivity index (χ0n) is 33.2. The number of para-hydroxylation sites is 1. The fourth-order valence-electron chi connectivity index (χ4n) is 8.17. The van der Waals surface area contributed by atoms with Crippen LogP contribution < -0.4 is 10.1 Å². The number of aromatic hydroxyl groups is 1. The Morgan fingerprint density at radius 1 is 1.03 bits per heavy atom. The molecule has 15 heteroatoms. The molecule has 0 radical (unpaired) electrons. The number of thiazole rings is 1. The van der Waals surface area contributed by atoms with E-state index in [2.05, 4.69) is 41.2 Å². The zero-order valence-corrected chi connectivity index (χ0v) is 34.0. The first-order valence-electron chi connectivity index (χ1n) is 19.7. The molecule has 302 valence electrons. The molecule has 0 saturated carbocycles. The highest BCUT2D eigenvalue weighted by atomic mass is 32.1. The van der Waals surface area contributed by atoms with Crippen LogP contribution in [-0.4, -0.2) is 102 Å². The van der Waals surface area contributed by atoms with Gasteiger partial charge in [-0.2, -0.15) is 0 Å². The van der Waals surface area contributed by atoms with Crippen molar-refractivity contribution in [3.8, 4) is 33.3 Å². The number of aryl methyl sites for hydroxylation is 2. The van der Waals surface area contributed by atoms with Crippen molar-refractivity contribution >= 4 is 34.2 Å². The minimum atomic E-state index is -0.826. The summed E-state index contributed by atoms with van der Waals surface area (Å²) in [6.07, 6.45) is -0.674. The van der Waals surface area contributed by atoms with Gasteiger partial charge in [0.25, 0.3) is 5.88 Å². The van der Waals surface area contributed by atoms with E-state index in [9.17, 15) is 19.8 Å². The summed E-state index contributed by atoms with van der Waals surface area (Å²) in [5.74, 6) is -0.370. The molecule has 0 unspecified atom stereocenters. The summed E-state index contributed by atoms with van der Waals surface area (Å²) in [7, 11) is 2.03. The number of aliphatic hydroxyl groups is 1. The normalized spacial score (nSPS) is 18.4. The number of hydrogen-bond donors (Lipinski definition) is 3. The fourth-order valence-corrected chi connectivity index (χ4v) is 8.98. The van der Waals surface area contributed by atoms with Crippen molar-refractivity contribution < 1.29 is 29.1 Å². The molecular formula is C43H48N8O6S. The lowest BCUT2D eigenvalue weighted by atomic mass is 9.91. The Hall–Kier alpha value is -5.64. The van der Waals surface area contributed by atoms with Gasteiger partial charge < -0.3 is 34.3 Å². The van der Waals surface area contributed by atoms with Crippen LogP contribution in [0.5, 0.6) is 11.6 Å². The van der Waals surface area contributed by atoms with E-state index < -0.39 is 18.1 Å². The van der Waals surface area contributed by atoms with Crippen molar-refractivity contribution in [1.29, 1.82) is 0 Å². The van der Waals surface area contributed by atoms with Crippen LogP contribution in [0.15, 0.2) is 76.8 Å². The van der Waals surface area contributed by atoms with E-state index in [0.717, 1.165) is 45.8 Å². The molecular weight excluding hydrogens is 757 g/mol. The van der Waals surface area contributed by atoms with Crippen LogP contribution in [0.2, 0.25) is 0 Å². The summed E-state index contributed by atoms with van der Waals surface area (Å²) >= 11 is 1.59. The van der Waals surface area contributed by atoms with Crippen LogP contribution in [0.1, 0.15) is 67.8 Å². The lowest BCUT2D eigenvalue weighted by molar-refractivity contribution is -0.141. The van der Waals surface area contributed by atoms with Crippen molar-refractivity contribution in [2.45, 2.75) is 64.1 Å². The molecule has 4 aromatic heterocycles. The smallest absolute Gasteiger partial charge is 0.254 e. The second kappa shape index (κ2) is 16.3. The monoisotopic (exact) mass is 804 g/mol. The molecule has 6 heterocycles. The van der Waals surface area contributed by atoms with E-state index in [1.165, 1.54) is 10.6 Å². The SMILES string of the molecule is Cc1ncsc1-c1ccc([C@H](C)NC(=O)[C@@H]2C[C@@H](O)CN2C(=O)[C@@H](c2cc(OCCN3CC(c4cc5nnc(-c6ccccc6O)cc5n4C)C3)no2)C(C)C)cc1. The van der Waals surface area contributed by atoms with Crippen LogP contribution in [0.25, 0.3) is 32.7 Å². The largest absolute Gasteiger partial charge is 0.507 e. The molecule has 0 aliphatic carbocycles. The molecule has 6 aromatic rings. The molecule has 0 bridgehead atoms. The average Bonchev–Trinajstić information content (AvgIpc) is 4.00. The minimum absolute atomic E-state index is 0.0528. The standard InChI is InChI=1S/C43H48N8O6S/c1-24(2)40(43(55)51-22-30(52)16-36(51)42(54)45-25(3)27-10-12-28(13-11-27)41-26(4)44-23-58-41)38-19-39(48-57-38)56-15-14-50-20-29(21-50)34-18-33-35(49(34)5)17-32(46-47-33)31-8-6-7-9-37(31)53/h6-13,17-19,23-25,29-30,36,40,52-53H,14-16,20-22H2,1-5H3,(H,45,54)/t25-,30+,36-,40+/m0/s1. The van der Waals surface area contributed by atoms with Gasteiger partial charge >= 0.3 is 0 Å². The van der Waals surface area contributed by atoms with Crippen LogP contribution in [0, 0.1) is 12.8 Å².